The normalized spacial score (nSPS) is 13.5. The Kier molecular flexibility index (Phi) is 5.52. The van der Waals surface area contributed by atoms with Gasteiger partial charge >= 0.3 is 0 Å². The smallest absolute Gasteiger partial charge is 0.241 e. The lowest BCUT2D eigenvalue weighted by Crippen LogP contribution is -2.39. The average Bonchev–Trinajstić information content (AvgIpc) is 2.49. The molecule has 0 radical (unpaired) electrons. The van der Waals surface area contributed by atoms with Crippen LogP contribution in [0.3, 0.4) is 0 Å². The van der Waals surface area contributed by atoms with E-state index in [0.29, 0.717) is 10.7 Å². The third kappa shape index (κ3) is 4.29. The predicted molar refractivity (Wildman–Crippen MR) is 87.5 cm³/mol. The van der Waals surface area contributed by atoms with Crippen LogP contribution in [-0.2, 0) is 4.79 Å². The first-order chi connectivity index (χ1) is 10.5. The molecule has 2 aromatic rings. The predicted octanol–water partition coefficient (Wildman–Crippen LogP) is 4.16. The Balaban J connectivity index is 1.96. The molecular formula is C17H18ClFN2O. The summed E-state index contributed by atoms with van der Waals surface area (Å²) in [6, 6.07) is 12.7. The molecule has 2 rings (SSSR count). The number of anilines is 1. The lowest BCUT2D eigenvalue weighted by atomic mass is 10.1. The zero-order valence-electron chi connectivity index (χ0n) is 12.4. The lowest BCUT2D eigenvalue weighted by Gasteiger charge is -2.20. The van der Waals surface area contributed by atoms with Crippen LogP contribution >= 0.6 is 11.6 Å². The SMILES string of the molecule is C[C@H](N[C@H](C)C(=O)Nc1ccc(F)cc1)c1ccccc1Cl. The summed E-state index contributed by atoms with van der Waals surface area (Å²) < 4.78 is 12.8. The average molecular weight is 321 g/mol. The fraction of sp³-hybridized carbons (Fsp3) is 0.235. The van der Waals surface area contributed by atoms with Gasteiger partial charge in [0.2, 0.25) is 5.91 Å². The first-order valence-electron chi connectivity index (χ1n) is 7.04. The van der Waals surface area contributed by atoms with Crippen molar-refractivity contribution in [2.75, 3.05) is 5.32 Å². The molecule has 0 heterocycles. The van der Waals surface area contributed by atoms with Crippen LogP contribution in [0.25, 0.3) is 0 Å². The highest BCUT2D eigenvalue weighted by Crippen LogP contribution is 2.22. The van der Waals surface area contributed by atoms with Crippen molar-refractivity contribution in [3.8, 4) is 0 Å². The van der Waals surface area contributed by atoms with E-state index in [2.05, 4.69) is 10.6 Å². The molecule has 0 aliphatic heterocycles. The zero-order valence-corrected chi connectivity index (χ0v) is 13.2. The highest BCUT2D eigenvalue weighted by atomic mass is 35.5. The van der Waals surface area contributed by atoms with Crippen LogP contribution in [0.4, 0.5) is 10.1 Å². The Morgan fingerprint density at radius 3 is 2.36 bits per heavy atom. The molecule has 0 spiro atoms. The van der Waals surface area contributed by atoms with Gasteiger partial charge in [0.15, 0.2) is 0 Å². The minimum atomic E-state index is -0.420. The van der Waals surface area contributed by atoms with Crippen LogP contribution in [-0.4, -0.2) is 11.9 Å². The summed E-state index contributed by atoms with van der Waals surface area (Å²) in [6.07, 6.45) is 0. The summed E-state index contributed by atoms with van der Waals surface area (Å²) in [5, 5.41) is 6.60. The van der Waals surface area contributed by atoms with Crippen molar-refractivity contribution in [3.05, 3.63) is 64.9 Å². The van der Waals surface area contributed by atoms with E-state index in [4.69, 9.17) is 11.6 Å². The van der Waals surface area contributed by atoms with Gasteiger partial charge in [-0.15, -0.1) is 0 Å². The summed E-state index contributed by atoms with van der Waals surface area (Å²) in [4.78, 5) is 12.1. The van der Waals surface area contributed by atoms with Gasteiger partial charge in [-0.05, 0) is 49.7 Å². The highest BCUT2D eigenvalue weighted by Gasteiger charge is 2.17. The molecule has 1 amide bonds. The zero-order chi connectivity index (χ0) is 16.1. The van der Waals surface area contributed by atoms with Gasteiger partial charge in [0.25, 0.3) is 0 Å². The van der Waals surface area contributed by atoms with Gasteiger partial charge in [-0.1, -0.05) is 29.8 Å². The summed E-state index contributed by atoms with van der Waals surface area (Å²) in [5.41, 5.74) is 1.50. The van der Waals surface area contributed by atoms with Gasteiger partial charge in [-0.25, -0.2) is 4.39 Å². The van der Waals surface area contributed by atoms with Crippen LogP contribution in [0.2, 0.25) is 5.02 Å². The number of carbonyl (C=O) groups excluding carboxylic acids is 1. The van der Waals surface area contributed by atoms with Gasteiger partial charge in [0, 0.05) is 16.8 Å². The maximum Gasteiger partial charge on any atom is 0.241 e. The lowest BCUT2D eigenvalue weighted by molar-refractivity contribution is -0.117. The fourth-order valence-corrected chi connectivity index (χ4v) is 2.45. The fourth-order valence-electron chi connectivity index (χ4n) is 2.15. The van der Waals surface area contributed by atoms with Gasteiger partial charge in [-0.3, -0.25) is 10.1 Å². The van der Waals surface area contributed by atoms with Crippen molar-refractivity contribution in [3.63, 3.8) is 0 Å². The van der Waals surface area contributed by atoms with Gasteiger partial charge in [-0.2, -0.15) is 0 Å². The Bertz CT molecular complexity index is 645. The van der Waals surface area contributed by atoms with Crippen molar-refractivity contribution in [1.29, 1.82) is 0 Å². The van der Waals surface area contributed by atoms with Crippen LogP contribution in [0.5, 0.6) is 0 Å². The number of hydrogen-bond acceptors (Lipinski definition) is 2. The number of benzene rings is 2. The molecule has 22 heavy (non-hydrogen) atoms. The molecule has 3 nitrogen and oxygen atoms in total. The van der Waals surface area contributed by atoms with Crippen LogP contribution in [0, 0.1) is 5.82 Å². The molecule has 2 N–H and O–H groups in total. The topological polar surface area (TPSA) is 41.1 Å². The summed E-state index contributed by atoms with van der Waals surface area (Å²) >= 11 is 6.15. The molecule has 2 atom stereocenters. The van der Waals surface area contributed by atoms with Crippen LogP contribution in [0.15, 0.2) is 48.5 Å². The number of carbonyl (C=O) groups is 1. The maximum atomic E-state index is 12.8. The molecule has 5 heteroatoms. The number of rotatable bonds is 5. The van der Waals surface area contributed by atoms with E-state index in [1.54, 1.807) is 6.92 Å². The molecule has 2 aromatic carbocycles. The quantitative estimate of drug-likeness (QED) is 0.868. The van der Waals surface area contributed by atoms with Crippen molar-refractivity contribution < 1.29 is 9.18 Å². The van der Waals surface area contributed by atoms with E-state index in [0.717, 1.165) is 5.56 Å². The Morgan fingerprint density at radius 1 is 1.09 bits per heavy atom. The van der Waals surface area contributed by atoms with Crippen molar-refractivity contribution >= 4 is 23.2 Å². The molecule has 0 saturated carbocycles. The molecule has 0 aliphatic rings. The van der Waals surface area contributed by atoms with Gasteiger partial charge < -0.3 is 5.32 Å². The summed E-state index contributed by atoms with van der Waals surface area (Å²) in [5.74, 6) is -0.526. The molecule has 0 bridgehead atoms. The van der Waals surface area contributed by atoms with Gasteiger partial charge in [0.1, 0.15) is 5.82 Å². The van der Waals surface area contributed by atoms with E-state index >= 15 is 0 Å². The first kappa shape index (κ1) is 16.5. The van der Waals surface area contributed by atoms with Crippen LogP contribution < -0.4 is 10.6 Å². The largest absolute Gasteiger partial charge is 0.325 e. The molecule has 0 fully saturated rings. The Labute approximate surface area is 134 Å². The Morgan fingerprint density at radius 2 is 1.73 bits per heavy atom. The second kappa shape index (κ2) is 7.38. The second-order valence-electron chi connectivity index (χ2n) is 5.13. The van der Waals surface area contributed by atoms with Gasteiger partial charge in [0.05, 0.1) is 6.04 Å². The Hall–Kier alpha value is -1.91. The molecule has 116 valence electrons. The summed E-state index contributed by atoms with van der Waals surface area (Å²) in [6.45, 7) is 3.72. The summed E-state index contributed by atoms with van der Waals surface area (Å²) in [7, 11) is 0. The number of nitrogens with one attached hydrogen (secondary N) is 2. The van der Waals surface area contributed by atoms with Crippen molar-refractivity contribution in [2.24, 2.45) is 0 Å². The minimum Gasteiger partial charge on any atom is -0.325 e. The standard InChI is InChI=1S/C17H18ClFN2O/c1-11(15-5-3-4-6-16(15)18)20-12(2)17(22)21-14-9-7-13(19)8-10-14/h3-12,20H,1-2H3,(H,21,22)/t11-,12+/m0/s1. The molecule has 0 aliphatic carbocycles. The van der Waals surface area contributed by atoms with Crippen molar-refractivity contribution in [2.45, 2.75) is 25.9 Å². The maximum absolute atomic E-state index is 12.8. The first-order valence-corrected chi connectivity index (χ1v) is 7.42. The van der Waals surface area contributed by atoms with Crippen LogP contribution in [0.1, 0.15) is 25.5 Å². The minimum absolute atomic E-state index is 0.0670. The number of amides is 1. The highest BCUT2D eigenvalue weighted by molar-refractivity contribution is 6.31. The number of hydrogen-bond donors (Lipinski definition) is 2. The molecule has 0 unspecified atom stereocenters. The van der Waals surface area contributed by atoms with E-state index < -0.39 is 6.04 Å². The third-order valence-electron chi connectivity index (χ3n) is 3.38. The third-order valence-corrected chi connectivity index (χ3v) is 3.72. The molecular weight excluding hydrogens is 303 g/mol. The molecule has 0 saturated heterocycles. The van der Waals surface area contributed by atoms with E-state index in [1.807, 2.05) is 31.2 Å². The van der Waals surface area contributed by atoms with E-state index in [1.165, 1.54) is 24.3 Å². The number of halogens is 2. The molecule has 0 aromatic heterocycles. The monoisotopic (exact) mass is 320 g/mol. The second-order valence-corrected chi connectivity index (χ2v) is 5.53. The van der Waals surface area contributed by atoms with Crippen molar-refractivity contribution in [1.82, 2.24) is 5.32 Å². The van der Waals surface area contributed by atoms with E-state index in [-0.39, 0.29) is 17.8 Å². The van der Waals surface area contributed by atoms with E-state index in [9.17, 15) is 9.18 Å².